The lowest BCUT2D eigenvalue weighted by Gasteiger charge is -2.15. The van der Waals surface area contributed by atoms with E-state index in [1.807, 2.05) is 32.3 Å². The smallest absolute Gasteiger partial charge is 0.323 e. The van der Waals surface area contributed by atoms with Gasteiger partial charge in [-0.05, 0) is 55.3 Å². The number of aryl methyl sites for hydroxylation is 3. The number of carbonyl (C=O) groups excluding carboxylic acids is 1. The first-order valence-electron chi connectivity index (χ1n) is 12.0. The molecule has 10 heteroatoms. The average molecular weight is 512 g/mol. The molecule has 0 fully saturated rings. The number of pyridine rings is 2. The second-order valence-electron chi connectivity index (χ2n) is 8.86. The highest BCUT2D eigenvalue weighted by atomic mass is 19.1. The van der Waals surface area contributed by atoms with Gasteiger partial charge in [0, 0.05) is 48.7 Å². The topological polar surface area (TPSA) is 106 Å². The van der Waals surface area contributed by atoms with Gasteiger partial charge in [-0.2, -0.15) is 5.10 Å². The number of fused-ring (bicyclic) bond motifs is 1. The first-order valence-corrected chi connectivity index (χ1v) is 12.0. The van der Waals surface area contributed by atoms with Gasteiger partial charge in [0.1, 0.15) is 11.6 Å². The number of urea groups is 1. The Labute approximate surface area is 218 Å². The normalized spacial score (nSPS) is 10.9. The molecule has 0 unspecified atom stereocenters. The van der Waals surface area contributed by atoms with Crippen LogP contribution in [-0.4, -0.2) is 25.4 Å². The Morgan fingerprint density at radius 2 is 1.79 bits per heavy atom. The van der Waals surface area contributed by atoms with Crippen molar-refractivity contribution in [1.29, 1.82) is 0 Å². The van der Waals surface area contributed by atoms with E-state index in [0.717, 1.165) is 11.1 Å². The zero-order chi connectivity index (χ0) is 26.8. The molecule has 2 amide bonds. The molecule has 192 valence electrons. The van der Waals surface area contributed by atoms with Gasteiger partial charge in [0.15, 0.2) is 0 Å². The third-order valence-electron chi connectivity index (χ3n) is 6.16. The lowest BCUT2D eigenvalue weighted by molar-refractivity contribution is 0.262. The molecule has 0 aliphatic carbocycles. The van der Waals surface area contributed by atoms with Gasteiger partial charge < -0.3 is 20.5 Å². The number of rotatable bonds is 6. The zero-order valence-corrected chi connectivity index (χ0v) is 21.1. The quantitative estimate of drug-likeness (QED) is 0.273. The number of nitrogens with zero attached hydrogens (tertiary/aromatic N) is 4. The van der Waals surface area contributed by atoms with Crippen LogP contribution in [0.2, 0.25) is 0 Å². The van der Waals surface area contributed by atoms with Crippen molar-refractivity contribution >= 4 is 39.8 Å². The molecule has 38 heavy (non-hydrogen) atoms. The molecule has 0 atom stereocenters. The van der Waals surface area contributed by atoms with Gasteiger partial charge in [0.25, 0.3) is 5.56 Å². The van der Waals surface area contributed by atoms with Crippen molar-refractivity contribution in [3.8, 4) is 11.1 Å². The van der Waals surface area contributed by atoms with E-state index in [1.165, 1.54) is 12.1 Å². The number of carbonyl (C=O) groups is 1. The predicted molar refractivity (Wildman–Crippen MR) is 147 cm³/mol. The largest absolute Gasteiger partial charge is 0.338 e. The maximum atomic E-state index is 14.8. The highest BCUT2D eigenvalue weighted by Crippen LogP contribution is 2.30. The van der Waals surface area contributed by atoms with Crippen molar-refractivity contribution in [3.63, 3.8) is 0 Å². The third kappa shape index (κ3) is 4.96. The number of aromatic nitrogens is 4. The summed E-state index contributed by atoms with van der Waals surface area (Å²) < 4.78 is 18.1. The molecule has 0 saturated heterocycles. The van der Waals surface area contributed by atoms with E-state index in [4.69, 9.17) is 0 Å². The Bertz CT molecular complexity index is 1710. The molecule has 3 N–H and O–H groups in total. The molecule has 0 spiro atoms. The van der Waals surface area contributed by atoms with Gasteiger partial charge in [-0.3, -0.25) is 9.48 Å². The number of benzene rings is 2. The van der Waals surface area contributed by atoms with Crippen molar-refractivity contribution in [2.24, 2.45) is 7.05 Å². The minimum Gasteiger partial charge on any atom is -0.338 e. The third-order valence-corrected chi connectivity index (χ3v) is 6.16. The Kier molecular flexibility index (Phi) is 6.61. The Hall–Kier alpha value is -4.99. The van der Waals surface area contributed by atoms with Crippen molar-refractivity contribution in [1.82, 2.24) is 19.3 Å². The maximum Gasteiger partial charge on any atom is 0.323 e. The molecule has 0 aliphatic heterocycles. The number of amides is 2. The van der Waals surface area contributed by atoms with E-state index in [1.54, 1.807) is 58.9 Å². The van der Waals surface area contributed by atoms with E-state index in [9.17, 15) is 14.0 Å². The van der Waals surface area contributed by atoms with Gasteiger partial charge in [-0.25, -0.2) is 14.2 Å². The molecule has 3 aromatic heterocycles. The summed E-state index contributed by atoms with van der Waals surface area (Å²) in [6.07, 6.45) is 5.20. The van der Waals surface area contributed by atoms with E-state index in [0.29, 0.717) is 40.3 Å². The Morgan fingerprint density at radius 3 is 2.50 bits per heavy atom. The van der Waals surface area contributed by atoms with Gasteiger partial charge >= 0.3 is 6.03 Å². The first-order chi connectivity index (χ1) is 18.3. The standard InChI is InChI=1S/C28H26FN7O2/c1-4-36-25-13-26(32-20-15-31-35(3)16-20)30-14-18(25)11-22(27(36)37)21-12-24(23(29)10-17(21)2)34-28(38)33-19-8-6-5-7-9-19/h5-16H,4H2,1-3H3,(H,30,32)(H2,33,34,38). The number of nitrogens with one attached hydrogen (secondary N) is 3. The van der Waals surface area contributed by atoms with Crippen LogP contribution in [0.25, 0.3) is 22.0 Å². The van der Waals surface area contributed by atoms with Crippen molar-refractivity contribution in [3.05, 3.63) is 94.9 Å². The minimum absolute atomic E-state index is 0.0317. The average Bonchev–Trinajstić information content (AvgIpc) is 3.30. The summed E-state index contributed by atoms with van der Waals surface area (Å²) in [5.41, 5.74) is 3.28. The molecule has 0 radical (unpaired) electrons. The molecule has 2 aromatic carbocycles. The van der Waals surface area contributed by atoms with Gasteiger partial charge in [-0.1, -0.05) is 18.2 Å². The molecule has 0 bridgehead atoms. The number of halogens is 1. The summed E-state index contributed by atoms with van der Waals surface area (Å²) in [5, 5.41) is 13.3. The van der Waals surface area contributed by atoms with E-state index < -0.39 is 11.8 Å². The summed E-state index contributed by atoms with van der Waals surface area (Å²) in [4.78, 5) is 30.6. The molecule has 5 aromatic rings. The van der Waals surface area contributed by atoms with Gasteiger partial charge in [0.2, 0.25) is 0 Å². The zero-order valence-electron chi connectivity index (χ0n) is 21.1. The van der Waals surface area contributed by atoms with E-state index in [-0.39, 0.29) is 11.2 Å². The highest BCUT2D eigenvalue weighted by molar-refractivity contribution is 6.00. The van der Waals surface area contributed by atoms with Crippen LogP contribution in [0.4, 0.5) is 32.1 Å². The maximum absolute atomic E-state index is 14.8. The lowest BCUT2D eigenvalue weighted by Crippen LogP contribution is -2.22. The molecule has 0 saturated carbocycles. The fourth-order valence-corrected chi connectivity index (χ4v) is 4.35. The number of hydrogen-bond donors (Lipinski definition) is 3. The summed E-state index contributed by atoms with van der Waals surface area (Å²) >= 11 is 0. The van der Waals surface area contributed by atoms with Crippen LogP contribution in [0.1, 0.15) is 12.5 Å². The number of para-hydroxylation sites is 1. The molecule has 0 aliphatic rings. The summed E-state index contributed by atoms with van der Waals surface area (Å²) in [5.74, 6) is -0.0208. The molecule has 5 rings (SSSR count). The molecule has 3 heterocycles. The fraction of sp³-hybridized carbons (Fsp3) is 0.143. The molecule has 9 nitrogen and oxygen atoms in total. The van der Waals surface area contributed by atoms with Crippen LogP contribution in [0.5, 0.6) is 0 Å². The van der Waals surface area contributed by atoms with Crippen LogP contribution < -0.4 is 21.5 Å². The van der Waals surface area contributed by atoms with E-state index in [2.05, 4.69) is 26.0 Å². The monoisotopic (exact) mass is 511 g/mol. The van der Waals surface area contributed by atoms with Crippen molar-refractivity contribution in [2.45, 2.75) is 20.4 Å². The summed E-state index contributed by atoms with van der Waals surface area (Å²) in [7, 11) is 1.82. The Morgan fingerprint density at radius 1 is 1.00 bits per heavy atom. The second kappa shape index (κ2) is 10.2. The van der Waals surface area contributed by atoms with E-state index >= 15 is 0 Å². The number of anilines is 4. The number of hydrogen-bond acceptors (Lipinski definition) is 5. The van der Waals surface area contributed by atoms with Crippen LogP contribution in [-0.2, 0) is 13.6 Å². The van der Waals surface area contributed by atoms with Gasteiger partial charge in [-0.15, -0.1) is 0 Å². The molecular formula is C28H26FN7O2. The van der Waals surface area contributed by atoms with Crippen LogP contribution in [0.15, 0.2) is 78.0 Å². The van der Waals surface area contributed by atoms with Crippen LogP contribution >= 0.6 is 0 Å². The van der Waals surface area contributed by atoms with Crippen LogP contribution in [0.3, 0.4) is 0 Å². The minimum atomic E-state index is -0.598. The van der Waals surface area contributed by atoms with Gasteiger partial charge in [0.05, 0.1) is 23.1 Å². The van der Waals surface area contributed by atoms with Crippen molar-refractivity contribution in [2.75, 3.05) is 16.0 Å². The SMILES string of the molecule is CCn1c(=O)c(-c2cc(NC(=O)Nc3ccccc3)c(F)cc2C)cc2cnc(Nc3cnn(C)c3)cc21. The first kappa shape index (κ1) is 24.7. The Balaban J connectivity index is 1.52. The second-order valence-corrected chi connectivity index (χ2v) is 8.86. The fourth-order valence-electron chi connectivity index (χ4n) is 4.35. The predicted octanol–water partition coefficient (Wildman–Crippen LogP) is 5.65. The lowest BCUT2D eigenvalue weighted by atomic mass is 9.99. The van der Waals surface area contributed by atoms with Crippen molar-refractivity contribution < 1.29 is 9.18 Å². The highest BCUT2D eigenvalue weighted by Gasteiger charge is 2.17. The molecular weight excluding hydrogens is 485 g/mol. The summed E-state index contributed by atoms with van der Waals surface area (Å²) in [6.45, 7) is 4.04. The van der Waals surface area contributed by atoms with Crippen LogP contribution in [0, 0.1) is 12.7 Å². The summed E-state index contributed by atoms with van der Waals surface area (Å²) in [6, 6.07) is 14.6.